The minimum atomic E-state index is -0.382. The summed E-state index contributed by atoms with van der Waals surface area (Å²) in [5.41, 5.74) is 8.88. The first kappa shape index (κ1) is 12.6. The Hall–Kier alpha value is -3.08. The van der Waals surface area contributed by atoms with Crippen molar-refractivity contribution in [3.8, 4) is 5.69 Å². The molecule has 4 rings (SSSR count). The molecule has 2 heterocycles. The lowest BCUT2D eigenvalue weighted by Gasteiger charge is -2.06. The Morgan fingerprint density at radius 2 is 1.91 bits per heavy atom. The zero-order valence-corrected chi connectivity index (χ0v) is 11.9. The van der Waals surface area contributed by atoms with Crippen molar-refractivity contribution in [2.24, 2.45) is 0 Å². The lowest BCUT2D eigenvalue weighted by atomic mass is 10.1. The molecule has 0 atom stereocenters. The Morgan fingerprint density at radius 3 is 2.68 bits per heavy atom. The first-order chi connectivity index (χ1) is 10.6. The molecule has 0 bridgehead atoms. The van der Waals surface area contributed by atoms with Crippen molar-refractivity contribution in [3.05, 3.63) is 64.6 Å². The molecule has 0 amide bonds. The molecule has 2 N–H and O–H groups in total. The number of nitrogens with zero attached hydrogens (tertiary/aromatic N) is 2. The van der Waals surface area contributed by atoms with Crippen LogP contribution in [-0.4, -0.2) is 9.78 Å². The molecule has 0 aliphatic heterocycles. The van der Waals surface area contributed by atoms with Crippen molar-refractivity contribution in [3.63, 3.8) is 0 Å². The van der Waals surface area contributed by atoms with E-state index >= 15 is 0 Å². The van der Waals surface area contributed by atoms with Gasteiger partial charge in [0.1, 0.15) is 11.0 Å². The summed E-state index contributed by atoms with van der Waals surface area (Å²) < 4.78 is 7.16. The first-order valence-electron chi connectivity index (χ1n) is 6.92. The fraction of sp³-hybridized carbons (Fsp3) is 0.0588. The van der Waals surface area contributed by atoms with Crippen LogP contribution in [0.1, 0.15) is 5.69 Å². The third-order valence-electron chi connectivity index (χ3n) is 3.73. The second-order valence-electron chi connectivity index (χ2n) is 5.20. The minimum absolute atomic E-state index is 0.382. The average Bonchev–Trinajstić information content (AvgIpc) is 2.88. The second-order valence-corrected chi connectivity index (χ2v) is 5.20. The molecule has 0 saturated heterocycles. The van der Waals surface area contributed by atoms with Crippen LogP contribution in [-0.2, 0) is 0 Å². The van der Waals surface area contributed by atoms with Gasteiger partial charge in [0, 0.05) is 11.1 Å². The van der Waals surface area contributed by atoms with Gasteiger partial charge >= 0.3 is 5.63 Å². The third kappa shape index (κ3) is 1.72. The van der Waals surface area contributed by atoms with Gasteiger partial charge in [0.15, 0.2) is 0 Å². The number of para-hydroxylation sites is 1. The summed E-state index contributed by atoms with van der Waals surface area (Å²) in [6.45, 7) is 1.80. The average molecular weight is 291 g/mol. The van der Waals surface area contributed by atoms with Crippen molar-refractivity contribution >= 4 is 27.6 Å². The molecule has 0 spiro atoms. The van der Waals surface area contributed by atoms with E-state index in [2.05, 4.69) is 5.10 Å². The number of benzene rings is 2. The zero-order chi connectivity index (χ0) is 15.3. The highest BCUT2D eigenvalue weighted by Gasteiger charge is 2.17. The van der Waals surface area contributed by atoms with E-state index < -0.39 is 0 Å². The molecule has 0 saturated carbocycles. The topological polar surface area (TPSA) is 74.0 Å². The fourth-order valence-electron chi connectivity index (χ4n) is 2.75. The number of hydrogen-bond donors (Lipinski definition) is 1. The van der Waals surface area contributed by atoms with Gasteiger partial charge in [-0.3, -0.25) is 0 Å². The Balaban J connectivity index is 2.26. The van der Waals surface area contributed by atoms with Gasteiger partial charge in [-0.25, -0.2) is 9.48 Å². The van der Waals surface area contributed by atoms with Crippen LogP contribution in [0, 0.1) is 6.92 Å². The van der Waals surface area contributed by atoms with Gasteiger partial charge in [0.25, 0.3) is 0 Å². The molecule has 0 fully saturated rings. The van der Waals surface area contributed by atoms with Gasteiger partial charge in [0.2, 0.25) is 0 Å². The third-order valence-corrected chi connectivity index (χ3v) is 3.73. The van der Waals surface area contributed by atoms with Crippen LogP contribution in [0.4, 0.5) is 5.69 Å². The Labute approximate surface area is 125 Å². The summed E-state index contributed by atoms with van der Waals surface area (Å²) in [4.78, 5) is 12.3. The van der Waals surface area contributed by atoms with Crippen LogP contribution >= 0.6 is 0 Å². The molecular formula is C17H13N3O2. The molecule has 22 heavy (non-hydrogen) atoms. The summed E-state index contributed by atoms with van der Waals surface area (Å²) in [6.07, 6.45) is 0. The quantitative estimate of drug-likeness (QED) is 0.432. The number of nitrogen functional groups attached to an aromatic ring is 1. The maximum absolute atomic E-state index is 12.3. The van der Waals surface area contributed by atoms with Crippen LogP contribution in [0.2, 0.25) is 0 Å². The fourth-order valence-corrected chi connectivity index (χ4v) is 2.75. The number of nitrogens with two attached hydrogens (primary N) is 1. The van der Waals surface area contributed by atoms with Crippen molar-refractivity contribution in [2.45, 2.75) is 6.92 Å². The molecule has 0 radical (unpaired) electrons. The van der Waals surface area contributed by atoms with Crippen LogP contribution in [0.25, 0.3) is 27.6 Å². The van der Waals surface area contributed by atoms with Crippen molar-refractivity contribution in [1.29, 1.82) is 0 Å². The normalized spacial score (nSPS) is 11.3. The molecule has 0 aliphatic rings. The van der Waals surface area contributed by atoms with Gasteiger partial charge in [-0.2, -0.15) is 5.10 Å². The van der Waals surface area contributed by atoms with Crippen molar-refractivity contribution < 1.29 is 4.42 Å². The standard InChI is InChI=1S/C17H13N3O2/c1-10-15-16(20(19-10)12-5-3-2-4-6-12)13-9-11(18)7-8-14(13)22-17(15)21/h2-9H,18H2,1H3. The Bertz CT molecular complexity index is 1060. The summed E-state index contributed by atoms with van der Waals surface area (Å²) in [5.74, 6) is 0. The predicted octanol–water partition coefficient (Wildman–Crippen LogP) is 3.02. The molecule has 5 heteroatoms. The van der Waals surface area contributed by atoms with Crippen LogP contribution < -0.4 is 11.4 Å². The van der Waals surface area contributed by atoms with E-state index in [-0.39, 0.29) is 5.63 Å². The lowest BCUT2D eigenvalue weighted by molar-refractivity contribution is 0.569. The highest BCUT2D eigenvalue weighted by atomic mass is 16.4. The van der Waals surface area contributed by atoms with Gasteiger partial charge < -0.3 is 10.2 Å². The molecule has 4 aromatic rings. The maximum atomic E-state index is 12.3. The minimum Gasteiger partial charge on any atom is -0.422 e. The van der Waals surface area contributed by atoms with E-state index in [1.807, 2.05) is 30.3 Å². The number of aromatic nitrogens is 2. The molecule has 108 valence electrons. The predicted molar refractivity (Wildman–Crippen MR) is 86.3 cm³/mol. The molecule has 2 aromatic heterocycles. The number of anilines is 1. The summed E-state index contributed by atoms with van der Waals surface area (Å²) in [5, 5.41) is 5.78. The molecular weight excluding hydrogens is 278 g/mol. The second kappa shape index (κ2) is 4.46. The van der Waals surface area contributed by atoms with Crippen LogP contribution in [0.15, 0.2) is 57.7 Å². The molecule has 2 aromatic carbocycles. The van der Waals surface area contributed by atoms with Gasteiger partial charge in [-0.05, 0) is 37.3 Å². The smallest absolute Gasteiger partial charge is 0.347 e. The van der Waals surface area contributed by atoms with Gasteiger partial charge in [-0.15, -0.1) is 0 Å². The Kier molecular flexibility index (Phi) is 2.56. The van der Waals surface area contributed by atoms with E-state index in [4.69, 9.17) is 10.2 Å². The molecule has 0 unspecified atom stereocenters. The number of fused-ring (bicyclic) bond motifs is 3. The van der Waals surface area contributed by atoms with Crippen LogP contribution in [0.3, 0.4) is 0 Å². The van der Waals surface area contributed by atoms with E-state index in [0.29, 0.717) is 22.4 Å². The Morgan fingerprint density at radius 1 is 1.14 bits per heavy atom. The van der Waals surface area contributed by atoms with Crippen molar-refractivity contribution in [1.82, 2.24) is 9.78 Å². The largest absolute Gasteiger partial charge is 0.422 e. The maximum Gasteiger partial charge on any atom is 0.347 e. The molecule has 5 nitrogen and oxygen atoms in total. The molecule has 0 aliphatic carbocycles. The summed E-state index contributed by atoms with van der Waals surface area (Å²) in [6, 6.07) is 14.9. The zero-order valence-electron chi connectivity index (χ0n) is 11.9. The monoisotopic (exact) mass is 291 g/mol. The summed E-state index contributed by atoms with van der Waals surface area (Å²) in [7, 11) is 0. The lowest BCUT2D eigenvalue weighted by Crippen LogP contribution is -2.02. The van der Waals surface area contributed by atoms with Gasteiger partial charge in [-0.1, -0.05) is 18.2 Å². The van der Waals surface area contributed by atoms with Crippen LogP contribution in [0.5, 0.6) is 0 Å². The van der Waals surface area contributed by atoms with Gasteiger partial charge in [0.05, 0.1) is 16.9 Å². The SMILES string of the molecule is Cc1nn(-c2ccccc2)c2c1c(=O)oc1ccc(N)cc12. The number of aryl methyl sites for hydroxylation is 1. The van der Waals surface area contributed by atoms with E-state index in [1.54, 1.807) is 29.8 Å². The first-order valence-corrected chi connectivity index (χ1v) is 6.92. The highest BCUT2D eigenvalue weighted by Crippen LogP contribution is 2.28. The van der Waals surface area contributed by atoms with E-state index in [0.717, 1.165) is 16.6 Å². The number of hydrogen-bond acceptors (Lipinski definition) is 4. The van der Waals surface area contributed by atoms with E-state index in [1.165, 1.54) is 0 Å². The number of rotatable bonds is 1. The van der Waals surface area contributed by atoms with E-state index in [9.17, 15) is 4.79 Å². The highest BCUT2D eigenvalue weighted by molar-refractivity contribution is 6.04. The van der Waals surface area contributed by atoms with Crippen molar-refractivity contribution in [2.75, 3.05) is 5.73 Å². The summed E-state index contributed by atoms with van der Waals surface area (Å²) >= 11 is 0.